The van der Waals surface area contributed by atoms with Crippen molar-refractivity contribution in [2.75, 3.05) is 19.6 Å². The number of pyridine rings is 1. The number of nitrogens with one attached hydrogen (secondary N) is 1. The van der Waals surface area contributed by atoms with Gasteiger partial charge in [0.15, 0.2) is 0 Å². The molecule has 0 radical (unpaired) electrons. The van der Waals surface area contributed by atoms with E-state index in [1.807, 2.05) is 28.8 Å². The van der Waals surface area contributed by atoms with Crippen molar-refractivity contribution in [2.45, 2.75) is 32.2 Å². The Hall–Kier alpha value is -2.45. The summed E-state index contributed by atoms with van der Waals surface area (Å²) in [5, 5.41) is 8.30. The summed E-state index contributed by atoms with van der Waals surface area (Å²) in [4.78, 5) is 23.9. The molecule has 1 atom stereocenters. The van der Waals surface area contributed by atoms with Crippen LogP contribution in [0.3, 0.4) is 0 Å². The van der Waals surface area contributed by atoms with E-state index in [1.54, 1.807) is 12.4 Å². The van der Waals surface area contributed by atoms with Crippen LogP contribution in [0.5, 0.6) is 0 Å². The number of aryl methyl sites for hydroxylation is 1. The molecular weight excluding hydrogens is 380 g/mol. The number of fused-ring (bicyclic) bond motifs is 1. The first-order valence-corrected chi connectivity index (χ1v) is 9.11. The van der Waals surface area contributed by atoms with Crippen molar-refractivity contribution in [3.63, 3.8) is 0 Å². The van der Waals surface area contributed by atoms with E-state index < -0.39 is 0 Å². The highest BCUT2D eigenvalue weighted by Gasteiger charge is 2.32. The van der Waals surface area contributed by atoms with Crippen LogP contribution >= 0.6 is 12.4 Å². The molecule has 0 aromatic carbocycles. The van der Waals surface area contributed by atoms with Crippen LogP contribution in [0, 0.1) is 0 Å². The SMILES string of the molecule is Cl.Cn1ccnc1C1CNCCN1C(=O)c1cnc2onc(C(C)(C)C)c2c1. The molecule has 1 unspecified atom stereocenters. The fourth-order valence-electron chi connectivity index (χ4n) is 3.53. The van der Waals surface area contributed by atoms with Gasteiger partial charge in [-0.05, 0) is 6.07 Å². The van der Waals surface area contributed by atoms with Gasteiger partial charge in [0.1, 0.15) is 11.9 Å². The van der Waals surface area contributed by atoms with Crippen molar-refractivity contribution in [2.24, 2.45) is 7.05 Å². The van der Waals surface area contributed by atoms with Crippen molar-refractivity contribution < 1.29 is 9.32 Å². The second kappa shape index (κ2) is 7.52. The van der Waals surface area contributed by atoms with Gasteiger partial charge in [-0.3, -0.25) is 4.79 Å². The molecule has 1 saturated heterocycles. The number of hydrogen-bond acceptors (Lipinski definition) is 6. The number of rotatable bonds is 2. The summed E-state index contributed by atoms with van der Waals surface area (Å²) >= 11 is 0. The van der Waals surface area contributed by atoms with E-state index in [-0.39, 0.29) is 29.8 Å². The second-order valence-corrected chi connectivity index (χ2v) is 7.97. The molecule has 0 aliphatic carbocycles. The molecule has 1 fully saturated rings. The summed E-state index contributed by atoms with van der Waals surface area (Å²) in [5.41, 5.74) is 1.61. The molecule has 1 aliphatic heterocycles. The highest BCUT2D eigenvalue weighted by atomic mass is 35.5. The first-order chi connectivity index (χ1) is 12.9. The predicted octanol–water partition coefficient (Wildman–Crippen LogP) is 2.46. The van der Waals surface area contributed by atoms with E-state index >= 15 is 0 Å². The number of hydrogen-bond donors (Lipinski definition) is 1. The minimum atomic E-state index is -0.195. The Bertz CT molecular complexity index is 990. The van der Waals surface area contributed by atoms with Gasteiger partial charge in [-0.2, -0.15) is 0 Å². The Morgan fingerprint density at radius 1 is 1.32 bits per heavy atom. The molecule has 0 saturated carbocycles. The lowest BCUT2D eigenvalue weighted by Gasteiger charge is -2.35. The number of amides is 1. The summed E-state index contributed by atoms with van der Waals surface area (Å²) in [6, 6.07) is 1.73. The number of piperazine rings is 1. The minimum Gasteiger partial charge on any atom is -0.336 e. The van der Waals surface area contributed by atoms with Gasteiger partial charge >= 0.3 is 0 Å². The Morgan fingerprint density at radius 3 is 2.79 bits per heavy atom. The van der Waals surface area contributed by atoms with Crippen LogP contribution in [0.15, 0.2) is 29.2 Å². The van der Waals surface area contributed by atoms with Gasteiger partial charge in [0.2, 0.25) is 0 Å². The fourth-order valence-corrected chi connectivity index (χ4v) is 3.53. The van der Waals surface area contributed by atoms with Crippen molar-refractivity contribution in [3.8, 4) is 0 Å². The largest absolute Gasteiger partial charge is 0.336 e. The normalized spacial score (nSPS) is 17.6. The van der Waals surface area contributed by atoms with Crippen LogP contribution in [0.25, 0.3) is 11.1 Å². The maximum Gasteiger partial charge on any atom is 0.257 e. The summed E-state index contributed by atoms with van der Waals surface area (Å²) in [5.74, 6) is 0.810. The summed E-state index contributed by atoms with van der Waals surface area (Å²) in [6.45, 7) is 8.23. The molecule has 150 valence electrons. The molecule has 28 heavy (non-hydrogen) atoms. The molecule has 1 aliphatic rings. The molecule has 3 aromatic heterocycles. The number of halogens is 1. The maximum absolute atomic E-state index is 13.3. The molecule has 8 nitrogen and oxygen atoms in total. The van der Waals surface area contributed by atoms with Gasteiger partial charge in [-0.25, -0.2) is 9.97 Å². The standard InChI is InChI=1S/C19H24N6O2.ClH/c1-19(2,3)15-13-9-12(10-22-17(13)27-23-15)18(26)25-8-5-20-11-14(25)16-21-6-7-24(16)4;/h6-7,9-10,14,20H,5,8,11H2,1-4H3;1H. The van der Waals surface area contributed by atoms with Gasteiger partial charge < -0.3 is 19.3 Å². The zero-order valence-electron chi connectivity index (χ0n) is 16.5. The quantitative estimate of drug-likeness (QED) is 0.705. The topological polar surface area (TPSA) is 89.1 Å². The van der Waals surface area contributed by atoms with Gasteiger partial charge in [0.05, 0.1) is 16.6 Å². The number of imidazole rings is 1. The van der Waals surface area contributed by atoms with Gasteiger partial charge in [0, 0.05) is 50.7 Å². The number of nitrogens with zero attached hydrogens (tertiary/aromatic N) is 5. The summed E-state index contributed by atoms with van der Waals surface area (Å²) < 4.78 is 7.30. The zero-order valence-corrected chi connectivity index (χ0v) is 17.3. The highest BCUT2D eigenvalue weighted by Crippen LogP contribution is 2.30. The third kappa shape index (κ3) is 3.49. The molecular formula is C19H25ClN6O2. The van der Waals surface area contributed by atoms with Crippen molar-refractivity contribution in [1.82, 2.24) is 29.9 Å². The first-order valence-electron chi connectivity index (χ1n) is 9.11. The average Bonchev–Trinajstić information content (AvgIpc) is 3.26. The number of carbonyl (C=O) groups is 1. The van der Waals surface area contributed by atoms with Crippen molar-refractivity contribution >= 4 is 29.4 Å². The van der Waals surface area contributed by atoms with E-state index in [0.717, 1.165) is 23.4 Å². The second-order valence-electron chi connectivity index (χ2n) is 7.97. The van der Waals surface area contributed by atoms with Crippen LogP contribution in [-0.2, 0) is 12.5 Å². The maximum atomic E-state index is 13.3. The summed E-state index contributed by atoms with van der Waals surface area (Å²) in [7, 11) is 1.94. The Balaban J connectivity index is 0.00000225. The number of aromatic nitrogens is 4. The van der Waals surface area contributed by atoms with Gasteiger partial charge in [0.25, 0.3) is 11.6 Å². The Kier molecular flexibility index (Phi) is 5.45. The number of carbonyl (C=O) groups excluding carboxylic acids is 1. The van der Waals surface area contributed by atoms with Crippen LogP contribution in [0.1, 0.15) is 48.7 Å². The molecule has 4 rings (SSSR count). The van der Waals surface area contributed by atoms with Crippen LogP contribution in [-0.4, -0.2) is 50.1 Å². The Labute approximate surface area is 169 Å². The van der Waals surface area contributed by atoms with Crippen molar-refractivity contribution in [1.29, 1.82) is 0 Å². The van der Waals surface area contributed by atoms with Crippen LogP contribution < -0.4 is 5.32 Å². The van der Waals surface area contributed by atoms with E-state index in [2.05, 4.69) is 41.2 Å². The predicted molar refractivity (Wildman–Crippen MR) is 108 cm³/mol. The smallest absolute Gasteiger partial charge is 0.257 e. The molecule has 4 heterocycles. The van der Waals surface area contributed by atoms with Crippen LogP contribution in [0.4, 0.5) is 0 Å². The molecule has 9 heteroatoms. The molecule has 3 aromatic rings. The van der Waals surface area contributed by atoms with Gasteiger partial charge in [-0.15, -0.1) is 12.4 Å². The fraction of sp³-hybridized carbons (Fsp3) is 0.474. The molecule has 1 amide bonds. The van der Waals surface area contributed by atoms with E-state index in [4.69, 9.17) is 4.52 Å². The van der Waals surface area contributed by atoms with E-state index in [0.29, 0.717) is 24.4 Å². The lowest BCUT2D eigenvalue weighted by molar-refractivity contribution is 0.0620. The van der Waals surface area contributed by atoms with Crippen molar-refractivity contribution in [3.05, 3.63) is 41.7 Å². The molecule has 0 spiro atoms. The van der Waals surface area contributed by atoms with Crippen LogP contribution in [0.2, 0.25) is 0 Å². The minimum absolute atomic E-state index is 0. The summed E-state index contributed by atoms with van der Waals surface area (Å²) in [6.07, 6.45) is 5.22. The lowest BCUT2D eigenvalue weighted by Crippen LogP contribution is -2.49. The average molecular weight is 405 g/mol. The Morgan fingerprint density at radius 2 is 2.11 bits per heavy atom. The highest BCUT2D eigenvalue weighted by molar-refractivity contribution is 5.97. The first kappa shape index (κ1) is 20.3. The third-order valence-electron chi connectivity index (χ3n) is 4.95. The third-order valence-corrected chi connectivity index (χ3v) is 4.95. The van der Waals surface area contributed by atoms with E-state index in [9.17, 15) is 4.79 Å². The lowest BCUT2D eigenvalue weighted by atomic mass is 9.90. The monoisotopic (exact) mass is 404 g/mol. The molecule has 1 N–H and O–H groups in total. The van der Waals surface area contributed by atoms with E-state index in [1.165, 1.54) is 0 Å². The zero-order chi connectivity index (χ0) is 19.2. The molecule has 0 bridgehead atoms. The van der Waals surface area contributed by atoms with Gasteiger partial charge in [-0.1, -0.05) is 25.9 Å².